The van der Waals surface area contributed by atoms with Gasteiger partial charge in [0, 0.05) is 18.2 Å². The Balaban J connectivity index is 2.08. The summed E-state index contributed by atoms with van der Waals surface area (Å²) in [5, 5.41) is 2.53. The van der Waals surface area contributed by atoms with Crippen LogP contribution < -0.4 is 10.2 Å². The number of benzene rings is 1. The van der Waals surface area contributed by atoms with E-state index in [9.17, 15) is 9.59 Å². The molecule has 1 aromatic carbocycles. The highest BCUT2D eigenvalue weighted by Crippen LogP contribution is 2.26. The van der Waals surface area contributed by atoms with E-state index in [4.69, 9.17) is 0 Å². The summed E-state index contributed by atoms with van der Waals surface area (Å²) >= 11 is 0. The summed E-state index contributed by atoms with van der Waals surface area (Å²) in [4.78, 5) is 26.2. The summed E-state index contributed by atoms with van der Waals surface area (Å²) in [6.07, 6.45) is 4.90. The Morgan fingerprint density at radius 3 is 2.90 bits per heavy atom. The van der Waals surface area contributed by atoms with Crippen molar-refractivity contribution in [3.8, 4) is 0 Å². The number of nitrogens with one attached hydrogen (secondary N) is 1. The highest BCUT2D eigenvalue weighted by molar-refractivity contribution is 6.03. The van der Waals surface area contributed by atoms with E-state index >= 15 is 0 Å². The number of para-hydroxylation sites is 1. The van der Waals surface area contributed by atoms with Crippen molar-refractivity contribution < 1.29 is 9.59 Å². The molecule has 1 atom stereocenters. The first-order valence-corrected chi connectivity index (χ1v) is 7.48. The molecule has 2 rings (SSSR count). The van der Waals surface area contributed by atoms with Crippen LogP contribution in [0.1, 0.15) is 31.7 Å². The Kier molecular flexibility index (Phi) is 5.14. The number of imide groups is 1. The Hall–Kier alpha value is -2.10. The molecule has 1 aliphatic rings. The zero-order chi connectivity index (χ0) is 15.2. The Morgan fingerprint density at radius 1 is 1.43 bits per heavy atom. The topological polar surface area (TPSA) is 49.4 Å². The molecule has 0 saturated carbocycles. The van der Waals surface area contributed by atoms with Gasteiger partial charge in [-0.2, -0.15) is 0 Å². The van der Waals surface area contributed by atoms with Gasteiger partial charge in [-0.25, -0.2) is 4.79 Å². The third kappa shape index (κ3) is 3.51. The zero-order valence-electron chi connectivity index (χ0n) is 12.5. The molecule has 4 nitrogen and oxygen atoms in total. The smallest absolute Gasteiger partial charge is 0.294 e. The lowest BCUT2D eigenvalue weighted by Crippen LogP contribution is -2.47. The molecule has 1 N–H and O–H groups in total. The molecule has 4 heteroatoms. The van der Waals surface area contributed by atoms with Gasteiger partial charge in [-0.05, 0) is 37.3 Å². The van der Waals surface area contributed by atoms with Crippen LogP contribution in [-0.2, 0) is 11.2 Å². The fraction of sp³-hybridized carbons (Fsp3) is 0.412. The van der Waals surface area contributed by atoms with Crippen LogP contribution in [0.3, 0.4) is 0 Å². The third-order valence-electron chi connectivity index (χ3n) is 3.90. The lowest BCUT2D eigenvalue weighted by atomic mass is 10.0. The highest BCUT2D eigenvalue weighted by atomic mass is 16.2. The van der Waals surface area contributed by atoms with Gasteiger partial charge in [-0.3, -0.25) is 15.0 Å². The van der Waals surface area contributed by atoms with Gasteiger partial charge in [0.2, 0.25) is 5.91 Å². The SMILES string of the molecule is C=CC[C@@H](CC)C(=O)NC(=O)N1CCCc2ccccc21. The second kappa shape index (κ2) is 7.07. The zero-order valence-corrected chi connectivity index (χ0v) is 12.5. The van der Waals surface area contributed by atoms with Crippen molar-refractivity contribution in [3.63, 3.8) is 0 Å². The van der Waals surface area contributed by atoms with Crippen molar-refractivity contribution in [1.82, 2.24) is 5.32 Å². The molecule has 1 aromatic rings. The lowest BCUT2D eigenvalue weighted by molar-refractivity contribution is -0.123. The van der Waals surface area contributed by atoms with E-state index in [2.05, 4.69) is 11.9 Å². The minimum Gasteiger partial charge on any atom is -0.294 e. The summed E-state index contributed by atoms with van der Waals surface area (Å²) in [7, 11) is 0. The minimum atomic E-state index is -0.324. The van der Waals surface area contributed by atoms with E-state index in [1.54, 1.807) is 11.0 Å². The fourth-order valence-electron chi connectivity index (χ4n) is 2.68. The number of allylic oxidation sites excluding steroid dienone is 1. The van der Waals surface area contributed by atoms with Crippen molar-refractivity contribution in [2.45, 2.75) is 32.6 Å². The first-order chi connectivity index (χ1) is 10.2. The summed E-state index contributed by atoms with van der Waals surface area (Å²) < 4.78 is 0. The number of aryl methyl sites for hydroxylation is 1. The molecule has 112 valence electrons. The van der Waals surface area contributed by atoms with Crippen molar-refractivity contribution in [3.05, 3.63) is 42.5 Å². The van der Waals surface area contributed by atoms with Crippen molar-refractivity contribution in [2.24, 2.45) is 5.92 Å². The van der Waals surface area contributed by atoms with Crippen LogP contribution in [0.2, 0.25) is 0 Å². The van der Waals surface area contributed by atoms with E-state index in [1.807, 2.05) is 31.2 Å². The van der Waals surface area contributed by atoms with Crippen LogP contribution in [-0.4, -0.2) is 18.5 Å². The normalized spacial score (nSPS) is 15.0. The van der Waals surface area contributed by atoms with Crippen LogP contribution in [0.25, 0.3) is 0 Å². The maximum absolute atomic E-state index is 12.4. The number of carbonyl (C=O) groups excluding carboxylic acids is 2. The summed E-state index contributed by atoms with van der Waals surface area (Å²) in [5.41, 5.74) is 2.07. The van der Waals surface area contributed by atoms with E-state index in [1.165, 1.54) is 0 Å². The van der Waals surface area contributed by atoms with Gasteiger partial charge >= 0.3 is 6.03 Å². The minimum absolute atomic E-state index is 0.188. The van der Waals surface area contributed by atoms with Crippen LogP contribution in [0, 0.1) is 5.92 Å². The fourth-order valence-corrected chi connectivity index (χ4v) is 2.68. The quantitative estimate of drug-likeness (QED) is 0.864. The average Bonchev–Trinajstić information content (AvgIpc) is 2.51. The maximum Gasteiger partial charge on any atom is 0.328 e. The Morgan fingerprint density at radius 2 is 2.19 bits per heavy atom. The van der Waals surface area contributed by atoms with Gasteiger partial charge in [0.1, 0.15) is 0 Å². The number of urea groups is 1. The molecule has 3 amide bonds. The van der Waals surface area contributed by atoms with Gasteiger partial charge < -0.3 is 0 Å². The molecule has 0 spiro atoms. The molecule has 0 fully saturated rings. The average molecular weight is 286 g/mol. The summed E-state index contributed by atoms with van der Waals surface area (Å²) in [6, 6.07) is 7.53. The van der Waals surface area contributed by atoms with Crippen LogP contribution in [0.15, 0.2) is 36.9 Å². The first kappa shape index (κ1) is 15.3. The number of nitrogens with zero attached hydrogens (tertiary/aromatic N) is 1. The number of amides is 3. The van der Waals surface area contributed by atoms with Crippen molar-refractivity contribution in [1.29, 1.82) is 0 Å². The predicted octanol–water partition coefficient (Wildman–Crippen LogP) is 3.28. The van der Waals surface area contributed by atoms with Gasteiger partial charge in [0.05, 0.1) is 0 Å². The van der Waals surface area contributed by atoms with Crippen LogP contribution in [0.5, 0.6) is 0 Å². The van der Waals surface area contributed by atoms with Gasteiger partial charge in [-0.1, -0.05) is 31.2 Å². The number of hydrogen-bond acceptors (Lipinski definition) is 2. The Labute approximate surface area is 125 Å². The van der Waals surface area contributed by atoms with Gasteiger partial charge in [-0.15, -0.1) is 6.58 Å². The van der Waals surface area contributed by atoms with Crippen molar-refractivity contribution in [2.75, 3.05) is 11.4 Å². The third-order valence-corrected chi connectivity index (χ3v) is 3.90. The number of anilines is 1. The number of hydrogen-bond donors (Lipinski definition) is 1. The molecule has 0 unspecified atom stereocenters. The lowest BCUT2D eigenvalue weighted by Gasteiger charge is -2.29. The van der Waals surface area contributed by atoms with Crippen molar-refractivity contribution >= 4 is 17.6 Å². The maximum atomic E-state index is 12.4. The molecule has 1 heterocycles. The number of carbonyl (C=O) groups is 2. The summed E-state index contributed by atoms with van der Waals surface area (Å²) in [6.45, 7) is 6.24. The molecule has 0 aliphatic carbocycles. The van der Waals surface area contributed by atoms with Crippen LogP contribution in [0.4, 0.5) is 10.5 Å². The molecule has 0 bridgehead atoms. The van der Waals surface area contributed by atoms with E-state index in [0.29, 0.717) is 19.4 Å². The molecule has 21 heavy (non-hydrogen) atoms. The molecular weight excluding hydrogens is 264 g/mol. The largest absolute Gasteiger partial charge is 0.328 e. The summed E-state index contributed by atoms with van der Waals surface area (Å²) in [5.74, 6) is -0.406. The number of fused-ring (bicyclic) bond motifs is 1. The monoisotopic (exact) mass is 286 g/mol. The highest BCUT2D eigenvalue weighted by Gasteiger charge is 2.25. The standard InChI is InChI=1S/C17H22N2O2/c1-3-8-13(4-2)16(20)18-17(21)19-12-7-10-14-9-5-6-11-15(14)19/h3,5-6,9,11,13H,1,4,7-8,10,12H2,2H3,(H,18,20,21)/t13-/m1/s1. The second-order valence-corrected chi connectivity index (χ2v) is 5.31. The second-order valence-electron chi connectivity index (χ2n) is 5.31. The first-order valence-electron chi connectivity index (χ1n) is 7.48. The van der Waals surface area contributed by atoms with Gasteiger partial charge in [0.15, 0.2) is 0 Å². The molecule has 1 aliphatic heterocycles. The van der Waals surface area contributed by atoms with E-state index in [-0.39, 0.29) is 17.9 Å². The predicted molar refractivity (Wildman–Crippen MR) is 84.2 cm³/mol. The molecule has 0 aromatic heterocycles. The molecular formula is C17H22N2O2. The van der Waals surface area contributed by atoms with Crippen LogP contribution >= 0.6 is 0 Å². The van der Waals surface area contributed by atoms with E-state index < -0.39 is 0 Å². The molecule has 0 saturated heterocycles. The Bertz CT molecular complexity index is 539. The molecule has 0 radical (unpaired) electrons. The number of rotatable bonds is 4. The van der Waals surface area contributed by atoms with E-state index in [0.717, 1.165) is 24.1 Å². The van der Waals surface area contributed by atoms with Gasteiger partial charge in [0.25, 0.3) is 0 Å².